The average Bonchev–Trinajstić information content (AvgIpc) is 2.44. The van der Waals surface area contributed by atoms with Crippen LogP contribution in [0.3, 0.4) is 0 Å². The van der Waals surface area contributed by atoms with Crippen LogP contribution in [0, 0.1) is 0 Å². The summed E-state index contributed by atoms with van der Waals surface area (Å²) in [6.45, 7) is 2.78. The van der Waals surface area contributed by atoms with Crippen molar-refractivity contribution in [1.29, 1.82) is 0 Å². The number of benzene rings is 1. The minimum Gasteiger partial charge on any atom is -0.494 e. The first-order valence-electron chi connectivity index (χ1n) is 6.46. The smallest absolute Gasteiger partial charge is 0.254 e. The maximum atomic E-state index is 12.2. The molecule has 0 aliphatic heterocycles. The van der Waals surface area contributed by atoms with Gasteiger partial charge in [0.1, 0.15) is 5.75 Å². The molecule has 0 aromatic heterocycles. The van der Waals surface area contributed by atoms with Crippen molar-refractivity contribution in [3.63, 3.8) is 0 Å². The van der Waals surface area contributed by atoms with Crippen LogP contribution >= 0.6 is 0 Å². The topological polar surface area (TPSA) is 70.0 Å². The van der Waals surface area contributed by atoms with Crippen LogP contribution in [0.1, 0.15) is 23.7 Å². The molecule has 1 aromatic carbocycles. The van der Waals surface area contributed by atoms with E-state index in [1.807, 2.05) is 6.92 Å². The lowest BCUT2D eigenvalue weighted by Crippen LogP contribution is -2.35. The van der Waals surface area contributed by atoms with Crippen molar-refractivity contribution < 1.29 is 19.7 Å². The largest absolute Gasteiger partial charge is 0.494 e. The molecule has 2 N–H and O–H groups in total. The predicted molar refractivity (Wildman–Crippen MR) is 72.3 cm³/mol. The molecule has 1 aromatic rings. The fraction of sp³-hybridized carbons (Fsp3) is 0.500. The highest BCUT2D eigenvalue weighted by Crippen LogP contribution is 2.15. The number of amides is 1. The number of hydrogen-bond donors (Lipinski definition) is 2. The fourth-order valence-corrected chi connectivity index (χ4v) is 1.68. The van der Waals surface area contributed by atoms with E-state index in [-0.39, 0.29) is 32.2 Å². The molecule has 0 atom stereocenters. The van der Waals surface area contributed by atoms with E-state index in [4.69, 9.17) is 14.9 Å². The van der Waals surface area contributed by atoms with E-state index in [9.17, 15) is 4.79 Å². The Morgan fingerprint density at radius 2 is 1.95 bits per heavy atom. The molecule has 0 aliphatic carbocycles. The SMILES string of the molecule is CCCOc1cccc(C(=O)N(CCO)CCO)c1. The molecule has 19 heavy (non-hydrogen) atoms. The number of aliphatic hydroxyl groups is 2. The first-order valence-corrected chi connectivity index (χ1v) is 6.46. The van der Waals surface area contributed by atoms with Gasteiger partial charge in [-0.1, -0.05) is 13.0 Å². The van der Waals surface area contributed by atoms with Crippen LogP contribution in [0.15, 0.2) is 24.3 Å². The van der Waals surface area contributed by atoms with Gasteiger partial charge in [0.05, 0.1) is 19.8 Å². The molecule has 5 heteroatoms. The number of carbonyl (C=O) groups excluding carboxylic acids is 1. The van der Waals surface area contributed by atoms with E-state index >= 15 is 0 Å². The molecule has 1 amide bonds. The van der Waals surface area contributed by atoms with Crippen LogP contribution < -0.4 is 4.74 Å². The number of carbonyl (C=O) groups is 1. The summed E-state index contributed by atoms with van der Waals surface area (Å²) in [4.78, 5) is 13.6. The van der Waals surface area contributed by atoms with Gasteiger partial charge in [0.15, 0.2) is 0 Å². The second-order valence-electron chi connectivity index (χ2n) is 4.12. The summed E-state index contributed by atoms with van der Waals surface area (Å²) in [5.41, 5.74) is 0.496. The van der Waals surface area contributed by atoms with Gasteiger partial charge >= 0.3 is 0 Å². The number of rotatable bonds is 8. The van der Waals surface area contributed by atoms with E-state index in [1.54, 1.807) is 24.3 Å². The van der Waals surface area contributed by atoms with Gasteiger partial charge in [-0.15, -0.1) is 0 Å². The third-order valence-corrected chi connectivity index (χ3v) is 2.58. The van der Waals surface area contributed by atoms with Crippen molar-refractivity contribution in [3.8, 4) is 5.75 Å². The van der Waals surface area contributed by atoms with Crippen LogP contribution in [0.4, 0.5) is 0 Å². The lowest BCUT2D eigenvalue weighted by Gasteiger charge is -2.20. The van der Waals surface area contributed by atoms with E-state index in [0.717, 1.165) is 6.42 Å². The average molecular weight is 267 g/mol. The van der Waals surface area contributed by atoms with Gasteiger partial charge in [0.25, 0.3) is 5.91 Å². The Hall–Kier alpha value is -1.59. The van der Waals surface area contributed by atoms with Gasteiger partial charge in [-0.25, -0.2) is 0 Å². The summed E-state index contributed by atoms with van der Waals surface area (Å²) in [6, 6.07) is 6.94. The summed E-state index contributed by atoms with van der Waals surface area (Å²) in [5.74, 6) is 0.436. The molecular weight excluding hydrogens is 246 g/mol. The zero-order valence-corrected chi connectivity index (χ0v) is 11.2. The third-order valence-electron chi connectivity index (χ3n) is 2.58. The molecular formula is C14H21NO4. The van der Waals surface area contributed by atoms with Gasteiger partial charge in [-0.3, -0.25) is 4.79 Å². The molecule has 0 heterocycles. The molecule has 106 valence electrons. The van der Waals surface area contributed by atoms with E-state index in [2.05, 4.69) is 0 Å². The molecule has 0 saturated carbocycles. The van der Waals surface area contributed by atoms with E-state index in [1.165, 1.54) is 4.90 Å². The Morgan fingerprint density at radius 3 is 2.53 bits per heavy atom. The highest BCUT2D eigenvalue weighted by atomic mass is 16.5. The van der Waals surface area contributed by atoms with Crippen molar-refractivity contribution in [3.05, 3.63) is 29.8 Å². The van der Waals surface area contributed by atoms with E-state index < -0.39 is 0 Å². The number of nitrogens with zero attached hydrogens (tertiary/aromatic N) is 1. The summed E-state index contributed by atoms with van der Waals surface area (Å²) in [7, 11) is 0. The van der Waals surface area contributed by atoms with Gasteiger partial charge in [0.2, 0.25) is 0 Å². The van der Waals surface area contributed by atoms with Crippen molar-refractivity contribution in [2.24, 2.45) is 0 Å². The lowest BCUT2D eigenvalue weighted by molar-refractivity contribution is 0.0684. The molecule has 0 saturated heterocycles. The van der Waals surface area contributed by atoms with Gasteiger partial charge in [-0.2, -0.15) is 0 Å². The Kier molecular flexibility index (Phi) is 6.92. The summed E-state index contributed by atoms with van der Waals surface area (Å²) in [5, 5.41) is 17.9. The number of ether oxygens (including phenoxy) is 1. The van der Waals surface area contributed by atoms with Crippen LogP contribution in [0.5, 0.6) is 5.75 Å². The third kappa shape index (κ3) is 4.89. The summed E-state index contributed by atoms with van der Waals surface area (Å²) in [6.07, 6.45) is 0.902. The standard InChI is InChI=1S/C14H21NO4/c1-2-10-19-13-5-3-4-12(11-13)14(18)15(6-8-16)7-9-17/h3-5,11,16-17H,2,6-10H2,1H3. The van der Waals surface area contributed by atoms with Crippen LogP contribution in [-0.4, -0.2) is 53.9 Å². The zero-order chi connectivity index (χ0) is 14.1. The van der Waals surface area contributed by atoms with Gasteiger partial charge in [-0.05, 0) is 24.6 Å². The van der Waals surface area contributed by atoms with Gasteiger partial charge in [0, 0.05) is 18.7 Å². The summed E-state index contributed by atoms with van der Waals surface area (Å²) < 4.78 is 5.48. The quantitative estimate of drug-likeness (QED) is 0.734. The second kappa shape index (κ2) is 8.50. The fourth-order valence-electron chi connectivity index (χ4n) is 1.68. The normalized spacial score (nSPS) is 10.3. The molecule has 0 spiro atoms. The molecule has 0 radical (unpaired) electrons. The molecule has 0 aliphatic rings. The van der Waals surface area contributed by atoms with Gasteiger partial charge < -0.3 is 19.8 Å². The Labute approximate surface area is 113 Å². The number of aliphatic hydroxyl groups excluding tert-OH is 2. The maximum absolute atomic E-state index is 12.2. The van der Waals surface area contributed by atoms with Crippen LogP contribution in [-0.2, 0) is 0 Å². The highest BCUT2D eigenvalue weighted by molar-refractivity contribution is 5.94. The van der Waals surface area contributed by atoms with Crippen LogP contribution in [0.25, 0.3) is 0 Å². The van der Waals surface area contributed by atoms with Crippen LogP contribution in [0.2, 0.25) is 0 Å². The Morgan fingerprint density at radius 1 is 1.26 bits per heavy atom. The van der Waals surface area contributed by atoms with Crippen molar-refractivity contribution in [1.82, 2.24) is 4.90 Å². The zero-order valence-electron chi connectivity index (χ0n) is 11.2. The first kappa shape index (κ1) is 15.5. The highest BCUT2D eigenvalue weighted by Gasteiger charge is 2.15. The summed E-state index contributed by atoms with van der Waals surface area (Å²) >= 11 is 0. The van der Waals surface area contributed by atoms with E-state index in [0.29, 0.717) is 17.9 Å². The van der Waals surface area contributed by atoms with Crippen molar-refractivity contribution in [2.75, 3.05) is 32.9 Å². The number of hydrogen-bond acceptors (Lipinski definition) is 4. The minimum atomic E-state index is -0.218. The molecule has 1 rings (SSSR count). The second-order valence-corrected chi connectivity index (χ2v) is 4.12. The Bertz CT molecular complexity index is 389. The molecule has 5 nitrogen and oxygen atoms in total. The van der Waals surface area contributed by atoms with Crippen molar-refractivity contribution in [2.45, 2.75) is 13.3 Å². The van der Waals surface area contributed by atoms with Crippen molar-refractivity contribution >= 4 is 5.91 Å². The monoisotopic (exact) mass is 267 g/mol. The Balaban J connectivity index is 2.78. The minimum absolute atomic E-state index is 0.127. The molecule has 0 bridgehead atoms. The first-order chi connectivity index (χ1) is 9.22. The maximum Gasteiger partial charge on any atom is 0.254 e. The predicted octanol–water partition coefficient (Wildman–Crippen LogP) is 0.902. The molecule has 0 unspecified atom stereocenters. The lowest BCUT2D eigenvalue weighted by atomic mass is 10.2. The molecule has 0 fully saturated rings.